The van der Waals surface area contributed by atoms with Crippen molar-refractivity contribution in [1.29, 1.82) is 0 Å². The summed E-state index contributed by atoms with van der Waals surface area (Å²) in [5.41, 5.74) is 9.43. The first kappa shape index (κ1) is 24.1. The number of carbonyl (C=O) groups is 1. The normalized spacial score (nSPS) is 10.9. The average Bonchev–Trinajstić information content (AvgIpc) is 3.48. The molecule has 2 aromatic heterocycles. The Balaban J connectivity index is 1.57. The standard InChI is InChI=1S/C24H26N6O4S/c1-5-14-6-9-16(10-7-14)26-19(31)13-30-21(25)20(24(28-30)35-4)23-27-22(29-34-23)15-8-11-17(32-2)18(12-15)33-3/h6-12H,5,13,25H2,1-4H3,(H,26,31). The first-order valence-electron chi connectivity index (χ1n) is 10.8. The molecule has 0 aliphatic rings. The highest BCUT2D eigenvalue weighted by molar-refractivity contribution is 7.98. The number of nitrogens with two attached hydrogens (primary N) is 1. The molecule has 35 heavy (non-hydrogen) atoms. The summed E-state index contributed by atoms with van der Waals surface area (Å²) in [6.07, 6.45) is 2.79. The Bertz CT molecular complexity index is 1330. The van der Waals surface area contributed by atoms with Crippen LogP contribution in [0.1, 0.15) is 12.5 Å². The van der Waals surface area contributed by atoms with Crippen LogP contribution in [0.25, 0.3) is 22.8 Å². The van der Waals surface area contributed by atoms with Crippen molar-refractivity contribution in [2.24, 2.45) is 0 Å². The maximum Gasteiger partial charge on any atom is 0.264 e. The van der Waals surface area contributed by atoms with Crippen molar-refractivity contribution in [3.63, 3.8) is 0 Å². The molecule has 2 aromatic carbocycles. The number of nitrogen functional groups attached to an aromatic ring is 1. The molecule has 182 valence electrons. The second kappa shape index (κ2) is 10.5. The van der Waals surface area contributed by atoms with Crippen molar-refractivity contribution in [2.75, 3.05) is 31.5 Å². The second-order valence-corrected chi connectivity index (χ2v) is 8.31. The number of methoxy groups -OCH3 is 2. The molecule has 0 spiro atoms. The van der Waals surface area contributed by atoms with Crippen molar-refractivity contribution < 1.29 is 18.8 Å². The van der Waals surface area contributed by atoms with Gasteiger partial charge in [-0.1, -0.05) is 24.2 Å². The van der Waals surface area contributed by atoms with Gasteiger partial charge in [-0.25, -0.2) is 4.68 Å². The van der Waals surface area contributed by atoms with E-state index in [9.17, 15) is 4.79 Å². The molecule has 1 amide bonds. The lowest BCUT2D eigenvalue weighted by Crippen LogP contribution is -2.20. The van der Waals surface area contributed by atoms with Gasteiger partial charge in [0.15, 0.2) is 11.5 Å². The Kier molecular flexibility index (Phi) is 7.25. The third-order valence-electron chi connectivity index (χ3n) is 5.37. The second-order valence-electron chi connectivity index (χ2n) is 7.52. The minimum Gasteiger partial charge on any atom is -0.493 e. The Morgan fingerprint density at radius 2 is 1.89 bits per heavy atom. The minimum absolute atomic E-state index is 0.0639. The lowest BCUT2D eigenvalue weighted by atomic mass is 10.1. The van der Waals surface area contributed by atoms with Crippen molar-refractivity contribution in [3.8, 4) is 34.3 Å². The summed E-state index contributed by atoms with van der Waals surface area (Å²) in [5.74, 6) is 1.71. The maximum absolute atomic E-state index is 12.6. The van der Waals surface area contributed by atoms with Crippen LogP contribution in [0.2, 0.25) is 0 Å². The smallest absolute Gasteiger partial charge is 0.264 e. The minimum atomic E-state index is -0.251. The number of nitrogens with one attached hydrogen (secondary N) is 1. The van der Waals surface area contributed by atoms with E-state index in [-0.39, 0.29) is 24.2 Å². The third kappa shape index (κ3) is 5.09. The van der Waals surface area contributed by atoms with E-state index in [1.54, 1.807) is 32.4 Å². The van der Waals surface area contributed by atoms with Crippen LogP contribution in [0.4, 0.5) is 11.5 Å². The van der Waals surface area contributed by atoms with Crippen LogP contribution in [-0.4, -0.2) is 46.3 Å². The molecule has 2 heterocycles. The third-order valence-corrected chi connectivity index (χ3v) is 6.05. The summed E-state index contributed by atoms with van der Waals surface area (Å²) in [6.45, 7) is 2.01. The molecule has 0 radical (unpaired) electrons. The number of nitrogens with zero attached hydrogens (tertiary/aromatic N) is 4. The van der Waals surface area contributed by atoms with Crippen molar-refractivity contribution in [2.45, 2.75) is 24.9 Å². The number of benzene rings is 2. The van der Waals surface area contributed by atoms with E-state index in [0.29, 0.717) is 39.2 Å². The SMILES string of the molecule is CCc1ccc(NC(=O)Cn2nc(SC)c(-c3nc(-c4ccc(OC)c(OC)c4)no3)c2N)cc1. The Morgan fingerprint density at radius 1 is 1.14 bits per heavy atom. The largest absolute Gasteiger partial charge is 0.493 e. The van der Waals surface area contributed by atoms with Gasteiger partial charge >= 0.3 is 0 Å². The molecule has 3 N–H and O–H groups in total. The molecule has 0 fully saturated rings. The Labute approximate surface area is 206 Å². The molecule has 4 aromatic rings. The molecule has 0 saturated heterocycles. The van der Waals surface area contributed by atoms with Gasteiger partial charge in [-0.05, 0) is 48.6 Å². The molecule has 0 aliphatic heterocycles. The monoisotopic (exact) mass is 494 g/mol. The number of ether oxygens (including phenoxy) is 2. The summed E-state index contributed by atoms with van der Waals surface area (Å²) < 4.78 is 17.6. The highest BCUT2D eigenvalue weighted by Crippen LogP contribution is 2.36. The van der Waals surface area contributed by atoms with Crippen LogP contribution in [0.15, 0.2) is 52.0 Å². The van der Waals surface area contributed by atoms with Crippen LogP contribution in [-0.2, 0) is 17.8 Å². The average molecular weight is 495 g/mol. The topological polar surface area (TPSA) is 130 Å². The zero-order valence-electron chi connectivity index (χ0n) is 19.9. The van der Waals surface area contributed by atoms with Crippen LogP contribution in [0.5, 0.6) is 11.5 Å². The lowest BCUT2D eigenvalue weighted by molar-refractivity contribution is -0.116. The Morgan fingerprint density at radius 3 is 2.54 bits per heavy atom. The zero-order valence-corrected chi connectivity index (χ0v) is 20.7. The molecule has 0 saturated carbocycles. The van der Waals surface area contributed by atoms with E-state index in [1.807, 2.05) is 30.5 Å². The molecule has 0 unspecified atom stereocenters. The van der Waals surface area contributed by atoms with Gasteiger partial charge in [0, 0.05) is 11.3 Å². The highest BCUT2D eigenvalue weighted by atomic mass is 32.2. The highest BCUT2D eigenvalue weighted by Gasteiger charge is 2.24. The zero-order chi connectivity index (χ0) is 24.9. The lowest BCUT2D eigenvalue weighted by Gasteiger charge is -2.07. The van der Waals surface area contributed by atoms with Crippen LogP contribution in [0, 0.1) is 0 Å². The van der Waals surface area contributed by atoms with Crippen molar-refractivity contribution in [1.82, 2.24) is 19.9 Å². The first-order valence-corrected chi connectivity index (χ1v) is 12.0. The predicted molar refractivity (Wildman–Crippen MR) is 135 cm³/mol. The first-order chi connectivity index (χ1) is 17.0. The van der Waals surface area contributed by atoms with Crippen LogP contribution in [0.3, 0.4) is 0 Å². The summed E-state index contributed by atoms with van der Waals surface area (Å²) in [4.78, 5) is 17.1. The van der Waals surface area contributed by atoms with Gasteiger partial charge in [-0.15, -0.1) is 11.8 Å². The quantitative estimate of drug-likeness (QED) is 0.330. The van der Waals surface area contributed by atoms with Gasteiger partial charge in [-0.3, -0.25) is 4.79 Å². The molecule has 4 rings (SSSR count). The van der Waals surface area contributed by atoms with Crippen molar-refractivity contribution >= 4 is 29.2 Å². The maximum atomic E-state index is 12.6. The number of rotatable bonds is 9. The number of aromatic nitrogens is 4. The molecule has 10 nitrogen and oxygen atoms in total. The van der Waals surface area contributed by atoms with Gasteiger partial charge in [0.05, 0.1) is 14.2 Å². The van der Waals surface area contributed by atoms with E-state index in [4.69, 9.17) is 19.7 Å². The van der Waals surface area contributed by atoms with Gasteiger partial charge in [-0.2, -0.15) is 10.1 Å². The molecular formula is C24H26N6O4S. The predicted octanol–water partition coefficient (Wildman–Crippen LogP) is 4.12. The van der Waals surface area contributed by atoms with E-state index in [1.165, 1.54) is 22.0 Å². The molecule has 0 bridgehead atoms. The summed E-state index contributed by atoms with van der Waals surface area (Å²) >= 11 is 1.37. The Hall–Kier alpha value is -3.99. The number of anilines is 2. The fourth-order valence-corrected chi connectivity index (χ4v) is 4.07. The number of thioether (sulfide) groups is 1. The van der Waals surface area contributed by atoms with Crippen molar-refractivity contribution in [3.05, 3.63) is 48.0 Å². The van der Waals surface area contributed by atoms with E-state index in [0.717, 1.165) is 6.42 Å². The number of amides is 1. The molecule has 11 heteroatoms. The van der Waals surface area contributed by atoms with Gasteiger partial charge in [0.2, 0.25) is 11.7 Å². The van der Waals surface area contributed by atoms with E-state index in [2.05, 4.69) is 27.5 Å². The van der Waals surface area contributed by atoms with Crippen LogP contribution < -0.4 is 20.5 Å². The number of hydrogen-bond donors (Lipinski definition) is 2. The number of aryl methyl sites for hydroxylation is 1. The summed E-state index contributed by atoms with van der Waals surface area (Å²) in [5, 5.41) is 12.0. The van der Waals surface area contributed by atoms with Gasteiger partial charge in [0.25, 0.3) is 5.89 Å². The van der Waals surface area contributed by atoms with E-state index < -0.39 is 0 Å². The van der Waals surface area contributed by atoms with E-state index >= 15 is 0 Å². The number of hydrogen-bond acceptors (Lipinski definition) is 9. The van der Waals surface area contributed by atoms with Gasteiger partial charge in [0.1, 0.15) is 23.0 Å². The fourth-order valence-electron chi connectivity index (χ4n) is 3.49. The summed E-state index contributed by atoms with van der Waals surface area (Å²) in [7, 11) is 3.12. The fraction of sp³-hybridized carbons (Fsp3) is 0.250. The molecule has 0 aliphatic carbocycles. The van der Waals surface area contributed by atoms with Gasteiger partial charge < -0.3 is 25.0 Å². The van der Waals surface area contributed by atoms with Crippen LogP contribution >= 0.6 is 11.8 Å². The number of carbonyl (C=O) groups excluding carboxylic acids is 1. The molecular weight excluding hydrogens is 468 g/mol. The molecule has 0 atom stereocenters. The summed E-state index contributed by atoms with van der Waals surface area (Å²) in [6, 6.07) is 13.0.